The number of aliphatic hydroxyl groups excluding tert-OH is 1. The molecule has 234 valence electrons. The van der Waals surface area contributed by atoms with E-state index in [0.717, 1.165) is 52.8 Å². The highest BCUT2D eigenvalue weighted by atomic mass is 16.7. The fourth-order valence-electron chi connectivity index (χ4n) is 5.97. The van der Waals surface area contributed by atoms with Crippen molar-refractivity contribution in [1.82, 2.24) is 10.2 Å². The quantitative estimate of drug-likeness (QED) is 0.298. The highest BCUT2D eigenvalue weighted by Crippen LogP contribution is 2.39. The minimum Gasteiger partial charge on any atom is -0.459 e. The van der Waals surface area contributed by atoms with Gasteiger partial charge in [0.2, 0.25) is 5.91 Å². The van der Waals surface area contributed by atoms with Gasteiger partial charge in [0.15, 0.2) is 6.29 Å². The summed E-state index contributed by atoms with van der Waals surface area (Å²) < 4.78 is 18.9. The van der Waals surface area contributed by atoms with Gasteiger partial charge in [-0.15, -0.1) is 0 Å². The molecule has 0 aromatic heterocycles. The Morgan fingerprint density at radius 2 is 1.68 bits per heavy atom. The van der Waals surface area contributed by atoms with E-state index >= 15 is 0 Å². The van der Waals surface area contributed by atoms with Gasteiger partial charge in [-0.3, -0.25) is 14.5 Å². The summed E-state index contributed by atoms with van der Waals surface area (Å²) in [6, 6.07) is 23.8. The van der Waals surface area contributed by atoms with Crippen LogP contribution in [-0.2, 0) is 37.0 Å². The van der Waals surface area contributed by atoms with Crippen molar-refractivity contribution < 1.29 is 28.9 Å². The van der Waals surface area contributed by atoms with E-state index in [9.17, 15) is 14.7 Å². The lowest BCUT2D eigenvalue weighted by molar-refractivity contribution is -0.253. The van der Waals surface area contributed by atoms with Gasteiger partial charge in [-0.2, -0.15) is 0 Å². The van der Waals surface area contributed by atoms with E-state index in [0.29, 0.717) is 19.5 Å². The van der Waals surface area contributed by atoms with Crippen molar-refractivity contribution in [2.45, 2.75) is 90.2 Å². The average molecular weight is 601 g/mol. The SMILES string of the molecule is CC(=O)NCc1ccccc1-c1ccc([C@H]2O[C@@H](CN3CCC[C@H]3C(=O)OC(C)(C)C)C[C@@H](c3ccc(CO)cc3)O2)cc1. The smallest absolute Gasteiger partial charge is 0.323 e. The average Bonchev–Trinajstić information content (AvgIpc) is 3.47. The van der Waals surface area contributed by atoms with Crippen LogP contribution in [0.4, 0.5) is 0 Å². The Labute approximate surface area is 260 Å². The van der Waals surface area contributed by atoms with E-state index in [2.05, 4.69) is 28.4 Å². The second kappa shape index (κ2) is 14.0. The molecule has 0 unspecified atom stereocenters. The number of likely N-dealkylation sites (tertiary alicyclic amines) is 1. The summed E-state index contributed by atoms with van der Waals surface area (Å²) in [6.45, 7) is 9.08. The molecule has 8 nitrogen and oxygen atoms in total. The number of hydrogen-bond acceptors (Lipinski definition) is 7. The van der Waals surface area contributed by atoms with Crippen LogP contribution >= 0.6 is 0 Å². The van der Waals surface area contributed by atoms with E-state index in [4.69, 9.17) is 14.2 Å². The van der Waals surface area contributed by atoms with Crippen LogP contribution in [0.3, 0.4) is 0 Å². The number of esters is 1. The Hall–Kier alpha value is -3.56. The maximum absolute atomic E-state index is 13.0. The zero-order chi connectivity index (χ0) is 31.3. The summed E-state index contributed by atoms with van der Waals surface area (Å²) in [6.07, 6.45) is 1.37. The predicted molar refractivity (Wildman–Crippen MR) is 168 cm³/mol. The van der Waals surface area contributed by atoms with Crippen molar-refractivity contribution in [3.8, 4) is 11.1 Å². The van der Waals surface area contributed by atoms with E-state index in [-0.39, 0.29) is 36.7 Å². The number of amides is 1. The molecule has 0 radical (unpaired) electrons. The van der Waals surface area contributed by atoms with E-state index in [1.54, 1.807) is 0 Å². The number of ether oxygens (including phenoxy) is 3. The maximum atomic E-state index is 13.0. The van der Waals surface area contributed by atoms with Crippen LogP contribution in [0.2, 0.25) is 0 Å². The van der Waals surface area contributed by atoms with Gasteiger partial charge in [0.1, 0.15) is 11.6 Å². The summed E-state index contributed by atoms with van der Waals surface area (Å²) in [7, 11) is 0. The number of carbonyl (C=O) groups excluding carboxylic acids is 2. The second-order valence-corrected chi connectivity index (χ2v) is 12.7. The molecule has 44 heavy (non-hydrogen) atoms. The van der Waals surface area contributed by atoms with Crippen LogP contribution in [0.5, 0.6) is 0 Å². The normalized spacial score (nSPS) is 22.5. The Bertz CT molecular complexity index is 1420. The molecule has 8 heteroatoms. The van der Waals surface area contributed by atoms with Crippen LogP contribution in [0.15, 0.2) is 72.8 Å². The zero-order valence-electron chi connectivity index (χ0n) is 26.1. The highest BCUT2D eigenvalue weighted by molar-refractivity contribution is 5.76. The molecular formula is C36H44N2O6. The first-order chi connectivity index (χ1) is 21.1. The van der Waals surface area contributed by atoms with Crippen molar-refractivity contribution >= 4 is 11.9 Å². The minimum absolute atomic E-state index is 0.0124. The van der Waals surface area contributed by atoms with Gasteiger partial charge in [-0.25, -0.2) is 0 Å². The predicted octanol–water partition coefficient (Wildman–Crippen LogP) is 5.83. The summed E-state index contributed by atoms with van der Waals surface area (Å²) >= 11 is 0. The zero-order valence-corrected chi connectivity index (χ0v) is 26.1. The maximum Gasteiger partial charge on any atom is 0.323 e. The monoisotopic (exact) mass is 600 g/mol. The van der Waals surface area contributed by atoms with Gasteiger partial charge in [-0.1, -0.05) is 72.8 Å². The lowest BCUT2D eigenvalue weighted by Gasteiger charge is -2.38. The van der Waals surface area contributed by atoms with Crippen molar-refractivity contribution in [1.29, 1.82) is 0 Å². The molecule has 0 aliphatic carbocycles. The van der Waals surface area contributed by atoms with Crippen LogP contribution in [-0.4, -0.2) is 52.7 Å². The molecule has 0 saturated carbocycles. The summed E-state index contributed by atoms with van der Waals surface area (Å²) in [5.74, 6) is -0.243. The third-order valence-electron chi connectivity index (χ3n) is 8.13. The number of nitrogens with zero attached hydrogens (tertiary/aromatic N) is 1. The van der Waals surface area contributed by atoms with E-state index < -0.39 is 11.9 Å². The molecule has 2 aliphatic rings. The topological polar surface area (TPSA) is 97.3 Å². The largest absolute Gasteiger partial charge is 0.459 e. The lowest BCUT2D eigenvalue weighted by atomic mass is 9.97. The molecule has 2 heterocycles. The fourth-order valence-corrected chi connectivity index (χ4v) is 5.97. The van der Waals surface area contributed by atoms with Crippen LogP contribution in [0.25, 0.3) is 11.1 Å². The third kappa shape index (κ3) is 8.12. The number of nitrogens with one attached hydrogen (secondary N) is 1. The molecule has 4 atom stereocenters. The molecule has 0 bridgehead atoms. The second-order valence-electron chi connectivity index (χ2n) is 12.7. The van der Waals surface area contributed by atoms with Crippen molar-refractivity contribution in [3.63, 3.8) is 0 Å². The number of rotatable bonds is 9. The fraction of sp³-hybridized carbons (Fsp3) is 0.444. The first kappa shape index (κ1) is 31.9. The Balaban J connectivity index is 1.36. The number of carbonyl (C=O) groups is 2. The Morgan fingerprint density at radius 1 is 0.977 bits per heavy atom. The molecule has 2 aliphatic heterocycles. The molecular weight excluding hydrogens is 556 g/mol. The van der Waals surface area contributed by atoms with Gasteiger partial charge < -0.3 is 24.6 Å². The molecule has 2 saturated heterocycles. The molecule has 3 aromatic rings. The van der Waals surface area contributed by atoms with Gasteiger partial charge >= 0.3 is 5.97 Å². The third-order valence-corrected chi connectivity index (χ3v) is 8.13. The van der Waals surface area contributed by atoms with Crippen molar-refractivity contribution in [2.75, 3.05) is 13.1 Å². The first-order valence-corrected chi connectivity index (χ1v) is 15.5. The van der Waals surface area contributed by atoms with E-state index in [1.165, 1.54) is 6.92 Å². The molecule has 1 amide bonds. The number of hydrogen-bond donors (Lipinski definition) is 2. The Kier molecular flexibility index (Phi) is 10.2. The van der Waals surface area contributed by atoms with Crippen LogP contribution in [0.1, 0.15) is 81.6 Å². The number of aliphatic hydroxyl groups is 1. The summed E-state index contributed by atoms with van der Waals surface area (Å²) in [5.41, 5.74) is 5.37. The minimum atomic E-state index is -0.595. The number of benzene rings is 3. The molecule has 2 N–H and O–H groups in total. The first-order valence-electron chi connectivity index (χ1n) is 15.5. The van der Waals surface area contributed by atoms with Crippen molar-refractivity contribution in [2.24, 2.45) is 0 Å². The van der Waals surface area contributed by atoms with Crippen molar-refractivity contribution in [3.05, 3.63) is 95.1 Å². The lowest BCUT2D eigenvalue weighted by Crippen LogP contribution is -2.45. The standard InChI is InChI=1S/C36H44N2O6/c1-24(40)37-21-29-8-5-6-9-31(29)26-15-17-28(18-16-26)35-42-30(20-33(43-35)27-13-11-25(23-39)12-14-27)22-38-19-7-10-32(38)34(41)44-36(2,3)4/h5-6,8-9,11-18,30,32-33,35,39H,7,10,19-23H2,1-4H3,(H,37,40)/t30-,32+,33+,35+/m1/s1. The van der Waals surface area contributed by atoms with Gasteiger partial charge in [0, 0.05) is 32.0 Å². The van der Waals surface area contributed by atoms with Crippen LogP contribution in [0, 0.1) is 0 Å². The van der Waals surface area contributed by atoms with Gasteiger partial charge in [-0.05, 0) is 68.0 Å². The summed E-state index contributed by atoms with van der Waals surface area (Å²) in [4.78, 5) is 26.7. The molecule has 3 aromatic carbocycles. The molecule has 5 rings (SSSR count). The van der Waals surface area contributed by atoms with E-state index in [1.807, 2.05) is 75.4 Å². The van der Waals surface area contributed by atoms with Gasteiger partial charge in [0.25, 0.3) is 0 Å². The summed E-state index contributed by atoms with van der Waals surface area (Å²) in [5, 5.41) is 12.4. The van der Waals surface area contributed by atoms with Crippen LogP contribution < -0.4 is 5.32 Å². The highest BCUT2D eigenvalue weighted by Gasteiger charge is 2.38. The molecule has 2 fully saturated rings. The molecule has 0 spiro atoms. The Morgan fingerprint density at radius 3 is 2.36 bits per heavy atom. The van der Waals surface area contributed by atoms with Gasteiger partial charge in [0.05, 0.1) is 18.8 Å².